The second-order valence-electron chi connectivity index (χ2n) is 4.78. The van der Waals surface area contributed by atoms with Crippen molar-refractivity contribution in [3.63, 3.8) is 0 Å². The maximum absolute atomic E-state index is 11.7. The molecule has 0 N–H and O–H groups in total. The molecule has 1 heterocycles. The Bertz CT molecular complexity index is 351. The van der Waals surface area contributed by atoms with E-state index in [0.29, 0.717) is 6.54 Å². The Hall–Kier alpha value is -1.24. The molecule has 0 aromatic rings. The number of hydrogen-bond donors (Lipinski definition) is 0. The smallest absolute Gasteiger partial charge is 0.245 e. The van der Waals surface area contributed by atoms with Crippen LogP contribution >= 0.6 is 11.8 Å². The van der Waals surface area contributed by atoms with Crippen molar-refractivity contribution in [3.05, 3.63) is 0 Å². The van der Waals surface area contributed by atoms with Crippen LogP contribution in [0.5, 0.6) is 0 Å². The number of thioether (sulfide) groups is 1. The average Bonchev–Trinajstić information content (AvgIpc) is 2.71. The zero-order valence-corrected chi connectivity index (χ0v) is 11.5. The summed E-state index contributed by atoms with van der Waals surface area (Å²) in [5.74, 6) is 0.393. The monoisotopic (exact) mass is 273 g/mol. The van der Waals surface area contributed by atoms with Gasteiger partial charge in [0.2, 0.25) is 5.91 Å². The molecule has 0 saturated carbocycles. The van der Waals surface area contributed by atoms with Gasteiger partial charge in [-0.2, -0.15) is 0 Å². The van der Waals surface area contributed by atoms with E-state index in [1.807, 2.05) is 0 Å². The molecule has 0 aromatic heterocycles. The molecular weight excluding hydrogens is 256 g/mol. The second kappa shape index (κ2) is 6.08. The Labute approximate surface area is 110 Å². The van der Waals surface area contributed by atoms with Gasteiger partial charge in [0, 0.05) is 17.9 Å². The van der Waals surface area contributed by atoms with Crippen LogP contribution in [0, 0.1) is 0 Å². The van der Waals surface area contributed by atoms with Crippen molar-refractivity contribution in [2.45, 2.75) is 31.7 Å². The standard InChI is InChI=1S/C11H18N2O4S/c1-11(2,3)17-10(16)12-6-8(15)13-4-5-18-9(13)7-14/h7,9H,4-6H2,1-3H3,(H,12,16)/p-1/t9-/m0/s1. The number of carbonyl (C=O) groups excluding carboxylic acids is 2. The first-order chi connectivity index (χ1) is 8.33. The highest BCUT2D eigenvalue weighted by molar-refractivity contribution is 8.00. The predicted octanol–water partition coefficient (Wildman–Crippen LogP) is -0.382. The molecule has 6 nitrogen and oxygen atoms in total. The summed E-state index contributed by atoms with van der Waals surface area (Å²) in [6, 6.07) is 0. The van der Waals surface area contributed by atoms with E-state index >= 15 is 0 Å². The molecule has 1 atom stereocenters. The fraction of sp³-hybridized carbons (Fsp3) is 0.727. The lowest BCUT2D eigenvalue weighted by Crippen LogP contribution is -2.38. The fourth-order valence-electron chi connectivity index (χ4n) is 1.39. The molecule has 1 fully saturated rings. The van der Waals surface area contributed by atoms with Crippen molar-refractivity contribution in [1.29, 1.82) is 0 Å². The first-order valence-corrected chi connectivity index (χ1v) is 6.65. The minimum atomic E-state index is -0.759. The summed E-state index contributed by atoms with van der Waals surface area (Å²) in [5.41, 5.74) is -0.627. The van der Waals surface area contributed by atoms with Crippen LogP contribution in [0.3, 0.4) is 0 Å². The Kier molecular flexibility index (Phi) is 5.01. The van der Waals surface area contributed by atoms with E-state index in [2.05, 4.69) is 4.99 Å². The Morgan fingerprint density at radius 3 is 2.83 bits per heavy atom. The van der Waals surface area contributed by atoms with E-state index < -0.39 is 17.1 Å². The Morgan fingerprint density at radius 2 is 2.28 bits per heavy atom. The molecule has 18 heavy (non-hydrogen) atoms. The van der Waals surface area contributed by atoms with Gasteiger partial charge in [-0.1, -0.05) is 20.8 Å². The maximum atomic E-state index is 11.7. The minimum Gasteiger partial charge on any atom is -0.595 e. The summed E-state index contributed by atoms with van der Waals surface area (Å²) in [5, 5.41) is 10.8. The van der Waals surface area contributed by atoms with E-state index in [1.165, 1.54) is 16.7 Å². The molecule has 0 aliphatic carbocycles. The number of carbonyl (C=O) groups is 2. The van der Waals surface area contributed by atoms with Gasteiger partial charge in [-0.05, 0) is 0 Å². The lowest BCUT2D eigenvalue weighted by molar-refractivity contribution is -0.260. The minimum absolute atomic E-state index is 0.278. The number of rotatable bonds is 3. The Morgan fingerprint density at radius 1 is 1.61 bits per heavy atom. The molecule has 1 aliphatic heterocycles. The fourth-order valence-corrected chi connectivity index (χ4v) is 2.41. The summed E-state index contributed by atoms with van der Waals surface area (Å²) in [6.45, 7) is 5.40. The number of hydrogen-bond acceptors (Lipinski definition) is 6. The van der Waals surface area contributed by atoms with E-state index in [1.54, 1.807) is 20.8 Å². The van der Waals surface area contributed by atoms with Gasteiger partial charge in [0.15, 0.2) is 6.29 Å². The lowest BCUT2D eigenvalue weighted by atomic mass is 10.2. The summed E-state index contributed by atoms with van der Waals surface area (Å²) in [6.07, 6.45) is -0.0337. The third kappa shape index (κ3) is 4.56. The van der Waals surface area contributed by atoms with Gasteiger partial charge in [-0.25, -0.2) is 0 Å². The van der Waals surface area contributed by atoms with Crippen molar-refractivity contribution in [3.8, 4) is 0 Å². The molecule has 1 aliphatic rings. The summed E-state index contributed by atoms with van der Waals surface area (Å²) in [4.78, 5) is 27.4. The normalized spacial score (nSPS) is 20.9. The molecule has 1 saturated heterocycles. The highest BCUT2D eigenvalue weighted by Gasteiger charge is 2.28. The van der Waals surface area contributed by atoms with Crippen molar-refractivity contribution in [2.24, 2.45) is 4.99 Å². The molecular formula is C11H17N2O4S-. The predicted molar refractivity (Wildman–Crippen MR) is 67.2 cm³/mol. The molecule has 0 radical (unpaired) electrons. The number of ether oxygens (including phenoxy) is 1. The quantitative estimate of drug-likeness (QED) is 0.397. The molecule has 102 valence electrons. The van der Waals surface area contributed by atoms with Gasteiger partial charge in [0.1, 0.15) is 18.0 Å². The highest BCUT2D eigenvalue weighted by Crippen LogP contribution is 2.21. The third-order valence-corrected chi connectivity index (χ3v) is 3.23. The maximum Gasteiger partial charge on any atom is 0.245 e. The van der Waals surface area contributed by atoms with E-state index in [4.69, 9.17) is 4.74 Å². The van der Waals surface area contributed by atoms with Gasteiger partial charge in [0.25, 0.3) is 0 Å². The lowest BCUT2D eigenvalue weighted by Gasteiger charge is -2.29. The largest absolute Gasteiger partial charge is 0.595 e. The molecule has 0 aromatic carbocycles. The van der Waals surface area contributed by atoms with Gasteiger partial charge >= 0.3 is 0 Å². The van der Waals surface area contributed by atoms with Crippen LogP contribution in [0.15, 0.2) is 4.99 Å². The molecule has 7 heteroatoms. The highest BCUT2D eigenvalue weighted by atomic mass is 32.2. The zero-order valence-electron chi connectivity index (χ0n) is 10.7. The molecule has 0 bridgehead atoms. The third-order valence-electron chi connectivity index (χ3n) is 2.10. The van der Waals surface area contributed by atoms with E-state index in [0.717, 1.165) is 12.0 Å². The number of amides is 1. The van der Waals surface area contributed by atoms with Crippen LogP contribution in [-0.2, 0) is 14.3 Å². The summed E-state index contributed by atoms with van der Waals surface area (Å²) in [7, 11) is 0. The van der Waals surface area contributed by atoms with Crippen molar-refractivity contribution in [1.82, 2.24) is 4.90 Å². The van der Waals surface area contributed by atoms with Gasteiger partial charge < -0.3 is 19.5 Å². The summed E-state index contributed by atoms with van der Waals surface area (Å²) < 4.78 is 4.95. The molecule has 0 spiro atoms. The van der Waals surface area contributed by atoms with Gasteiger partial charge in [0.05, 0.1) is 0 Å². The van der Waals surface area contributed by atoms with Crippen LogP contribution in [0.25, 0.3) is 0 Å². The van der Waals surface area contributed by atoms with Crippen LogP contribution < -0.4 is 5.11 Å². The zero-order chi connectivity index (χ0) is 13.8. The first-order valence-electron chi connectivity index (χ1n) is 5.60. The Balaban J connectivity index is 2.50. The summed E-state index contributed by atoms with van der Waals surface area (Å²) >= 11 is 1.40. The topological polar surface area (TPSA) is 82.0 Å². The number of nitrogens with zero attached hydrogens (tertiary/aromatic N) is 2. The molecule has 0 unspecified atom stereocenters. The van der Waals surface area contributed by atoms with Crippen LogP contribution in [0.4, 0.5) is 0 Å². The molecule has 1 amide bonds. The van der Waals surface area contributed by atoms with E-state index in [9.17, 15) is 14.7 Å². The van der Waals surface area contributed by atoms with Crippen LogP contribution in [-0.4, -0.2) is 53.0 Å². The average molecular weight is 273 g/mol. The second-order valence-corrected chi connectivity index (χ2v) is 6.01. The first kappa shape index (κ1) is 14.8. The van der Waals surface area contributed by atoms with Gasteiger partial charge in [-0.3, -0.25) is 9.79 Å². The van der Waals surface area contributed by atoms with Crippen molar-refractivity contribution >= 4 is 30.0 Å². The van der Waals surface area contributed by atoms with Crippen molar-refractivity contribution < 1.29 is 19.4 Å². The number of aliphatic imine (C=N–C) groups is 1. The van der Waals surface area contributed by atoms with Crippen molar-refractivity contribution in [2.75, 3.05) is 18.8 Å². The van der Waals surface area contributed by atoms with Gasteiger partial charge in [-0.15, -0.1) is 11.8 Å². The molecule has 1 rings (SSSR count). The number of aldehydes is 1. The van der Waals surface area contributed by atoms with Crippen LogP contribution in [0.1, 0.15) is 20.8 Å². The van der Waals surface area contributed by atoms with Crippen LogP contribution in [0.2, 0.25) is 0 Å². The SMILES string of the molecule is CC(C)(C)OC([O-])=NCC(=O)N1CCS[C@H]1C=O. The van der Waals surface area contributed by atoms with E-state index in [-0.39, 0.29) is 12.5 Å².